The number of nitrogens with zero attached hydrogens (tertiary/aromatic N) is 1. The van der Waals surface area contributed by atoms with E-state index >= 15 is 0 Å². The van der Waals surface area contributed by atoms with Gasteiger partial charge in [-0.25, -0.2) is 0 Å². The lowest BCUT2D eigenvalue weighted by Crippen LogP contribution is -1.97. The Morgan fingerprint density at radius 1 is 0.476 bits per heavy atom. The van der Waals surface area contributed by atoms with E-state index < -0.39 is 0 Å². The van der Waals surface area contributed by atoms with Crippen LogP contribution in [0, 0.1) is 0 Å². The lowest BCUT2D eigenvalue weighted by atomic mass is 9.90. The van der Waals surface area contributed by atoms with Crippen LogP contribution in [-0.2, 0) is 0 Å². The molecule has 42 heavy (non-hydrogen) atoms. The van der Waals surface area contributed by atoms with Gasteiger partial charge >= 0.3 is 0 Å². The van der Waals surface area contributed by atoms with E-state index in [-0.39, 0.29) is 70.8 Å². The first-order valence-electron chi connectivity index (χ1n) is 17.7. The molecule has 2 heteroatoms. The zero-order chi connectivity index (χ0) is 34.6. The van der Waals surface area contributed by atoms with Crippen LogP contribution in [0.4, 0.5) is 0 Å². The van der Waals surface area contributed by atoms with Crippen molar-refractivity contribution in [3.8, 4) is 50.6 Å². The summed E-state index contributed by atoms with van der Waals surface area (Å²) in [6.45, 7) is 0. The van der Waals surface area contributed by atoms with Gasteiger partial charge < -0.3 is 9.30 Å². The van der Waals surface area contributed by atoms with Crippen LogP contribution in [0.5, 0.6) is 11.5 Å². The van der Waals surface area contributed by atoms with Crippen molar-refractivity contribution in [2.75, 3.05) is 0 Å². The van der Waals surface area contributed by atoms with Crippen molar-refractivity contribution in [3.63, 3.8) is 0 Å². The minimum atomic E-state index is -0.383. The van der Waals surface area contributed by atoms with Gasteiger partial charge in [-0.15, -0.1) is 0 Å². The molecule has 0 spiro atoms. The quantitative estimate of drug-likeness (QED) is 0.216. The molecule has 0 fully saturated rings. The summed E-state index contributed by atoms with van der Waals surface area (Å²) in [4.78, 5) is 0. The molecule has 1 aliphatic heterocycles. The van der Waals surface area contributed by atoms with E-state index in [2.05, 4.69) is 10.6 Å². The summed E-state index contributed by atoms with van der Waals surface area (Å²) in [5.41, 5.74) is 5.16. The Kier molecular flexibility index (Phi) is 3.54. The molecule has 0 atom stereocenters. The SMILES string of the molecule is [2H]c1c([2H])c([2H])c2c(c1[2H])Oc1ccc(-c3c([2H])c([2H])c(-c4ccc5c(c4)c4ccccc4n5-c4ccccc4)c([2H])c3[2H])c3cccc-2c13. The fraction of sp³-hybridized carbons (Fsp3) is 0. The zero-order valence-electron chi connectivity index (χ0n) is 30.2. The highest BCUT2D eigenvalue weighted by molar-refractivity contribution is 6.11. The maximum Gasteiger partial charge on any atom is 0.135 e. The fourth-order valence-corrected chi connectivity index (χ4v) is 6.14. The Bertz CT molecular complexity index is 2740. The molecule has 8 aromatic rings. The molecule has 0 amide bonds. The van der Waals surface area contributed by atoms with Crippen LogP contribution >= 0.6 is 0 Å². The van der Waals surface area contributed by atoms with Gasteiger partial charge in [-0.1, -0.05) is 109 Å². The number of rotatable bonds is 3. The van der Waals surface area contributed by atoms with Gasteiger partial charge in [0.15, 0.2) is 0 Å². The summed E-state index contributed by atoms with van der Waals surface area (Å²) in [5.74, 6) is 0.424. The summed E-state index contributed by atoms with van der Waals surface area (Å²) in [7, 11) is 0. The molecule has 1 aromatic heterocycles. The standard InChI is InChI=1S/C40H25NO/c1-2-9-29(10-3-1)41-36-15-6-4-11-31(36)35-25-28(21-23-37(35)41)26-17-19-27(20-18-26)30-22-24-39-40-33(30)13-8-14-34(40)32-12-5-7-16-38(32)42-39/h1-25H/i5D,7D,12D,16D,17D,18D,19D,20D. The van der Waals surface area contributed by atoms with E-state index in [0.717, 1.165) is 27.5 Å². The van der Waals surface area contributed by atoms with Gasteiger partial charge in [-0.2, -0.15) is 0 Å². The Morgan fingerprint density at radius 3 is 2.14 bits per heavy atom. The topological polar surface area (TPSA) is 14.2 Å². The minimum Gasteiger partial charge on any atom is -0.456 e. The predicted octanol–water partition coefficient (Wildman–Crippen LogP) is 11.0. The minimum absolute atomic E-state index is 0.0428. The molecule has 0 N–H and O–H groups in total. The molecule has 0 saturated carbocycles. The maximum absolute atomic E-state index is 9.22. The van der Waals surface area contributed by atoms with E-state index in [1.165, 1.54) is 0 Å². The van der Waals surface area contributed by atoms with Crippen molar-refractivity contribution >= 4 is 32.6 Å². The Balaban J connectivity index is 1.25. The van der Waals surface area contributed by atoms with Crippen molar-refractivity contribution in [2.24, 2.45) is 0 Å². The lowest BCUT2D eigenvalue weighted by molar-refractivity contribution is 0.487. The third kappa shape index (κ3) is 3.39. The molecule has 0 radical (unpaired) electrons. The van der Waals surface area contributed by atoms with Gasteiger partial charge in [0.2, 0.25) is 0 Å². The first-order chi connectivity index (χ1) is 24.2. The molecule has 0 saturated heterocycles. The van der Waals surface area contributed by atoms with Crippen LogP contribution in [0.15, 0.2) is 151 Å². The highest BCUT2D eigenvalue weighted by Gasteiger charge is 2.21. The molecule has 9 rings (SSSR count). The number of hydrogen-bond acceptors (Lipinski definition) is 1. The average molecular weight is 544 g/mol. The largest absolute Gasteiger partial charge is 0.456 e. The second kappa shape index (κ2) is 8.95. The summed E-state index contributed by atoms with van der Waals surface area (Å²) >= 11 is 0. The molecule has 0 aliphatic carbocycles. The van der Waals surface area contributed by atoms with Crippen LogP contribution in [0.2, 0.25) is 0 Å². The molecule has 7 aromatic carbocycles. The number of aromatic nitrogens is 1. The fourth-order valence-electron chi connectivity index (χ4n) is 6.14. The van der Waals surface area contributed by atoms with Crippen LogP contribution in [0.1, 0.15) is 11.0 Å². The number of hydrogen-bond donors (Lipinski definition) is 0. The van der Waals surface area contributed by atoms with E-state index in [1.807, 2.05) is 66.7 Å². The monoisotopic (exact) mass is 543 g/mol. The van der Waals surface area contributed by atoms with Crippen LogP contribution in [-0.4, -0.2) is 4.57 Å². The Morgan fingerprint density at radius 2 is 1.24 bits per heavy atom. The van der Waals surface area contributed by atoms with Crippen LogP contribution in [0.3, 0.4) is 0 Å². The third-order valence-corrected chi connectivity index (χ3v) is 8.01. The smallest absolute Gasteiger partial charge is 0.135 e. The third-order valence-electron chi connectivity index (χ3n) is 8.01. The van der Waals surface area contributed by atoms with Gasteiger partial charge in [0.25, 0.3) is 0 Å². The predicted molar refractivity (Wildman–Crippen MR) is 175 cm³/mol. The van der Waals surface area contributed by atoms with E-state index in [0.29, 0.717) is 33.2 Å². The van der Waals surface area contributed by atoms with E-state index in [9.17, 15) is 5.48 Å². The molecule has 1 aliphatic rings. The van der Waals surface area contributed by atoms with Gasteiger partial charge in [0.1, 0.15) is 11.5 Å². The molecule has 2 nitrogen and oxygen atoms in total. The first-order valence-corrected chi connectivity index (χ1v) is 13.7. The molecular weight excluding hydrogens is 510 g/mol. The van der Waals surface area contributed by atoms with E-state index in [4.69, 9.17) is 10.2 Å². The highest BCUT2D eigenvalue weighted by Crippen LogP contribution is 2.48. The zero-order valence-corrected chi connectivity index (χ0v) is 22.2. The summed E-state index contributed by atoms with van der Waals surface area (Å²) in [6, 6.07) is 30.6. The van der Waals surface area contributed by atoms with Crippen molar-refractivity contribution in [1.29, 1.82) is 0 Å². The second-order valence-electron chi connectivity index (χ2n) is 10.3. The highest BCUT2D eigenvalue weighted by atomic mass is 16.5. The maximum atomic E-state index is 9.22. The van der Waals surface area contributed by atoms with Crippen molar-refractivity contribution in [1.82, 2.24) is 4.57 Å². The number of fused-ring (bicyclic) bond motifs is 5. The summed E-state index contributed by atoms with van der Waals surface area (Å²) in [5, 5.41) is 3.10. The molecule has 196 valence electrons. The second-order valence-corrected chi connectivity index (χ2v) is 10.3. The molecule has 2 heterocycles. The van der Waals surface area contributed by atoms with Gasteiger partial charge in [-0.05, 0) is 75.6 Å². The normalized spacial score (nSPS) is 14.7. The van der Waals surface area contributed by atoms with Crippen LogP contribution < -0.4 is 4.74 Å². The van der Waals surface area contributed by atoms with E-state index in [1.54, 1.807) is 30.3 Å². The Hall–Kier alpha value is -5.60. The van der Waals surface area contributed by atoms with Gasteiger partial charge in [0, 0.05) is 27.4 Å². The molecule has 0 bridgehead atoms. The van der Waals surface area contributed by atoms with Crippen molar-refractivity contribution < 1.29 is 15.7 Å². The average Bonchev–Trinajstić information content (AvgIpc) is 3.47. The summed E-state index contributed by atoms with van der Waals surface area (Å²) in [6.07, 6.45) is 0. The molecule has 0 unspecified atom stereocenters. The first kappa shape index (κ1) is 16.6. The molecular formula is C40H25NO. The van der Waals surface area contributed by atoms with Crippen molar-refractivity contribution in [3.05, 3.63) is 151 Å². The van der Waals surface area contributed by atoms with Gasteiger partial charge in [-0.3, -0.25) is 0 Å². The number of ether oxygens (including phenoxy) is 1. The number of benzene rings is 7. The van der Waals surface area contributed by atoms with Crippen LogP contribution in [0.25, 0.3) is 71.6 Å². The summed E-state index contributed by atoms with van der Waals surface area (Å²) < 4.78 is 78.5. The Labute approximate surface area is 254 Å². The van der Waals surface area contributed by atoms with Crippen molar-refractivity contribution in [2.45, 2.75) is 0 Å². The lowest BCUT2D eigenvalue weighted by Gasteiger charge is -2.22. The number of para-hydroxylation sites is 3. The van der Waals surface area contributed by atoms with Gasteiger partial charge in [0.05, 0.1) is 22.0 Å².